The van der Waals surface area contributed by atoms with Crippen LogP contribution in [0.4, 0.5) is 15.8 Å². The summed E-state index contributed by atoms with van der Waals surface area (Å²) in [6, 6.07) is 10.0. The lowest BCUT2D eigenvalue weighted by molar-refractivity contribution is -0.255. The second kappa shape index (κ2) is 6.63. The van der Waals surface area contributed by atoms with Gasteiger partial charge in [0, 0.05) is 16.9 Å². The molecule has 0 atom stereocenters. The van der Waals surface area contributed by atoms with Gasteiger partial charge in [-0.05, 0) is 35.9 Å². The highest BCUT2D eigenvalue weighted by Gasteiger charge is 2.28. The molecule has 2 aliphatic rings. The summed E-state index contributed by atoms with van der Waals surface area (Å²) in [5.41, 5.74) is 1.30. The number of carboxylic acid groups (broad SMARTS) is 1. The number of carbonyl (C=O) groups is 2. The van der Waals surface area contributed by atoms with Gasteiger partial charge in [0.1, 0.15) is 23.7 Å². The Morgan fingerprint density at radius 2 is 1.93 bits per heavy atom. The molecule has 0 unspecified atom stereocenters. The fourth-order valence-corrected chi connectivity index (χ4v) is 4.56. The summed E-state index contributed by atoms with van der Waals surface area (Å²) in [6.45, 7) is 0.445. The van der Waals surface area contributed by atoms with Crippen molar-refractivity contribution in [3.05, 3.63) is 79.1 Å². The van der Waals surface area contributed by atoms with Crippen molar-refractivity contribution in [1.29, 1.82) is 0 Å². The Bertz CT molecular complexity index is 1410. The lowest BCUT2D eigenvalue weighted by Crippen LogP contribution is -2.43. The quantitative estimate of drug-likeness (QED) is 0.605. The Balaban J connectivity index is 1.59. The van der Waals surface area contributed by atoms with Crippen LogP contribution in [0.25, 0.3) is 5.57 Å². The topological polar surface area (TPSA) is 107 Å². The van der Waals surface area contributed by atoms with Gasteiger partial charge in [0.25, 0.3) is 11.5 Å². The third-order valence-corrected chi connectivity index (χ3v) is 6.09. The number of hydrogen-bond acceptors (Lipinski definition) is 7. The molecule has 3 heterocycles. The average Bonchev–Trinajstić information content (AvgIpc) is 3.23. The molecular formula is C20H12FN4O4S-. The van der Waals surface area contributed by atoms with Crippen LogP contribution in [-0.2, 0) is 11.5 Å². The van der Waals surface area contributed by atoms with E-state index in [0.717, 1.165) is 11.3 Å². The maximum atomic E-state index is 13.7. The van der Waals surface area contributed by atoms with Crippen LogP contribution in [0, 0.1) is 5.82 Å². The third-order valence-electron chi connectivity index (χ3n) is 4.97. The molecule has 0 fully saturated rings. The van der Waals surface area contributed by atoms with Gasteiger partial charge in [-0.2, -0.15) is 0 Å². The van der Waals surface area contributed by atoms with Crippen molar-refractivity contribution >= 4 is 40.2 Å². The molecule has 1 N–H and O–H groups in total. The lowest BCUT2D eigenvalue weighted by atomic mass is 10.1. The van der Waals surface area contributed by atoms with Crippen molar-refractivity contribution in [2.45, 2.75) is 6.67 Å². The first-order valence-electron chi connectivity index (χ1n) is 8.88. The highest BCUT2D eigenvalue weighted by Crippen LogP contribution is 2.30. The van der Waals surface area contributed by atoms with E-state index in [0.29, 0.717) is 21.7 Å². The van der Waals surface area contributed by atoms with E-state index in [2.05, 4.69) is 10.3 Å². The zero-order valence-corrected chi connectivity index (χ0v) is 16.0. The first-order chi connectivity index (χ1) is 14.4. The number of thiazole rings is 1. The van der Waals surface area contributed by atoms with Crippen molar-refractivity contribution in [3.8, 4) is 0 Å². The molecule has 30 heavy (non-hydrogen) atoms. The standard InChI is InChI=1S/C20H13FN4O4S/c21-11-3-6-14-13(7-11)15(17(26)23-14)16-18(27)25-9-24(8-22-20(25)30-16)12-4-1-10(2-5-12)19(28)29/h1-7H,8-9H2,(H,23,26)(H,28,29)/p-1/b16-15-. The molecule has 8 nitrogen and oxygen atoms in total. The number of aromatic carboxylic acids is 1. The average molecular weight is 423 g/mol. The number of aromatic nitrogens is 1. The van der Waals surface area contributed by atoms with E-state index >= 15 is 0 Å². The van der Waals surface area contributed by atoms with Crippen LogP contribution in [0.15, 0.2) is 52.3 Å². The third kappa shape index (κ3) is 2.80. The second-order valence-electron chi connectivity index (χ2n) is 6.78. The van der Waals surface area contributed by atoms with Gasteiger partial charge in [-0.25, -0.2) is 9.38 Å². The van der Waals surface area contributed by atoms with E-state index in [1.165, 1.54) is 34.9 Å². The normalized spacial score (nSPS) is 16.6. The predicted molar refractivity (Wildman–Crippen MR) is 105 cm³/mol. The largest absolute Gasteiger partial charge is 0.545 e. The van der Waals surface area contributed by atoms with Gasteiger partial charge in [-0.15, -0.1) is 0 Å². The number of nitrogens with one attached hydrogen (secondary N) is 1. The number of nitrogens with zero attached hydrogens (tertiary/aromatic N) is 3. The number of rotatable bonds is 2. The number of benzene rings is 2. The van der Waals surface area contributed by atoms with Crippen LogP contribution in [0.1, 0.15) is 15.9 Å². The Morgan fingerprint density at radius 3 is 2.67 bits per heavy atom. The molecule has 0 radical (unpaired) electrons. The van der Waals surface area contributed by atoms with Gasteiger partial charge in [-0.3, -0.25) is 14.2 Å². The van der Waals surface area contributed by atoms with Gasteiger partial charge in [0.2, 0.25) is 0 Å². The second-order valence-corrected chi connectivity index (χ2v) is 7.76. The number of halogens is 1. The first kappa shape index (κ1) is 18.3. The van der Waals surface area contributed by atoms with Gasteiger partial charge < -0.3 is 20.1 Å². The molecule has 10 heteroatoms. The van der Waals surface area contributed by atoms with E-state index in [4.69, 9.17) is 0 Å². The van der Waals surface area contributed by atoms with Crippen molar-refractivity contribution in [2.75, 3.05) is 16.9 Å². The van der Waals surface area contributed by atoms with E-state index in [-0.39, 0.29) is 29.0 Å². The number of amides is 1. The summed E-state index contributed by atoms with van der Waals surface area (Å²) in [5.74, 6) is -2.23. The predicted octanol–water partition coefficient (Wildman–Crippen LogP) is -0.382. The maximum absolute atomic E-state index is 13.7. The lowest BCUT2D eigenvalue weighted by Gasteiger charge is -2.25. The molecular weight excluding hydrogens is 411 g/mol. The maximum Gasteiger partial charge on any atom is 0.272 e. The van der Waals surface area contributed by atoms with Crippen LogP contribution in [-0.4, -0.2) is 23.1 Å². The smallest absolute Gasteiger partial charge is 0.272 e. The van der Waals surface area contributed by atoms with Crippen molar-refractivity contribution in [3.63, 3.8) is 0 Å². The van der Waals surface area contributed by atoms with E-state index in [1.807, 2.05) is 0 Å². The van der Waals surface area contributed by atoms with Gasteiger partial charge in [0.05, 0.1) is 11.5 Å². The van der Waals surface area contributed by atoms with Crippen molar-refractivity contribution in [2.24, 2.45) is 4.99 Å². The molecule has 3 aromatic rings. The summed E-state index contributed by atoms with van der Waals surface area (Å²) in [5, 5.41) is 13.6. The number of anilines is 2. The van der Waals surface area contributed by atoms with Crippen LogP contribution >= 0.6 is 11.3 Å². The summed E-state index contributed by atoms with van der Waals surface area (Å²) in [7, 11) is 0. The molecule has 2 aliphatic heterocycles. The molecule has 1 amide bonds. The molecule has 5 rings (SSSR count). The first-order valence-corrected chi connectivity index (χ1v) is 9.70. The Hall–Kier alpha value is -3.79. The van der Waals surface area contributed by atoms with E-state index < -0.39 is 23.3 Å². The minimum absolute atomic E-state index is 0.0536. The zero-order chi connectivity index (χ0) is 21.0. The summed E-state index contributed by atoms with van der Waals surface area (Å²) >= 11 is 1.09. The number of carboxylic acids is 1. The Kier molecular flexibility index (Phi) is 4.03. The van der Waals surface area contributed by atoms with Gasteiger partial charge in [-0.1, -0.05) is 23.5 Å². The molecule has 2 aromatic carbocycles. The van der Waals surface area contributed by atoms with Crippen LogP contribution in [0.5, 0.6) is 0 Å². The monoisotopic (exact) mass is 423 g/mol. The molecule has 0 saturated carbocycles. The number of fused-ring (bicyclic) bond motifs is 2. The van der Waals surface area contributed by atoms with E-state index in [1.54, 1.807) is 17.0 Å². The van der Waals surface area contributed by atoms with Gasteiger partial charge in [0.15, 0.2) is 4.80 Å². The van der Waals surface area contributed by atoms with Crippen molar-refractivity contribution < 1.29 is 19.1 Å². The van der Waals surface area contributed by atoms with Crippen LogP contribution < -0.4 is 30.2 Å². The molecule has 0 aliphatic carbocycles. The van der Waals surface area contributed by atoms with E-state index in [9.17, 15) is 23.9 Å². The highest BCUT2D eigenvalue weighted by molar-refractivity contribution is 7.07. The molecule has 150 valence electrons. The summed E-state index contributed by atoms with van der Waals surface area (Å²) in [4.78, 5) is 43.1. The molecule has 0 saturated heterocycles. The molecule has 1 aromatic heterocycles. The summed E-state index contributed by atoms with van der Waals surface area (Å²) < 4.78 is 15.4. The number of carbonyl (C=O) groups excluding carboxylic acids is 2. The highest BCUT2D eigenvalue weighted by atomic mass is 32.1. The Morgan fingerprint density at radius 1 is 1.17 bits per heavy atom. The molecule has 0 spiro atoms. The SMILES string of the molecule is O=C1Nc2ccc(F)cc2/C1=c1/sc2n(c1=O)CN(c1ccc(C(=O)[O-])cc1)CN=2. The number of hydrogen-bond donors (Lipinski definition) is 1. The molecule has 0 bridgehead atoms. The minimum atomic E-state index is -1.27. The van der Waals surface area contributed by atoms with Crippen LogP contribution in [0.3, 0.4) is 0 Å². The fraction of sp³-hybridized carbons (Fsp3) is 0.100. The zero-order valence-electron chi connectivity index (χ0n) is 15.2. The van der Waals surface area contributed by atoms with Crippen LogP contribution in [0.2, 0.25) is 0 Å². The van der Waals surface area contributed by atoms with Crippen molar-refractivity contribution in [1.82, 2.24) is 4.57 Å². The minimum Gasteiger partial charge on any atom is -0.545 e. The fourth-order valence-electron chi connectivity index (χ4n) is 3.50. The van der Waals surface area contributed by atoms with Gasteiger partial charge >= 0.3 is 0 Å². The Labute approximate surface area is 171 Å². The summed E-state index contributed by atoms with van der Waals surface area (Å²) in [6.07, 6.45) is 0.